The maximum absolute atomic E-state index is 12.5. The molecule has 0 atom stereocenters. The first-order valence-electron chi connectivity index (χ1n) is 5.26. The van der Waals surface area contributed by atoms with Crippen LogP contribution in [-0.2, 0) is 16.0 Å². The van der Waals surface area contributed by atoms with Gasteiger partial charge in [-0.1, -0.05) is 0 Å². The molecule has 1 rings (SSSR count). The Balaban J connectivity index is 3.07. The Morgan fingerprint density at radius 3 is 2.72 bits per heavy atom. The number of aromatic nitrogens is 1. The number of methoxy groups -OCH3 is 1. The monoisotopic (exact) mass is 260 g/mol. The zero-order valence-corrected chi connectivity index (χ0v) is 10.1. The van der Waals surface area contributed by atoms with Crippen molar-refractivity contribution in [1.82, 2.24) is 4.98 Å². The molecule has 0 unspecified atom stereocenters. The van der Waals surface area contributed by atoms with E-state index in [1.54, 1.807) is 6.92 Å². The molecule has 2 N–H and O–H groups in total. The predicted octanol–water partition coefficient (Wildman–Crippen LogP) is 1.72. The number of nitrogens with two attached hydrogens (primary N) is 1. The van der Waals surface area contributed by atoms with Crippen molar-refractivity contribution < 1.29 is 23.0 Å². The number of nitrogens with zero attached hydrogens (tertiary/aromatic N) is 1. The highest BCUT2D eigenvalue weighted by atomic mass is 19.3. The van der Waals surface area contributed by atoms with Crippen LogP contribution >= 0.6 is 0 Å². The summed E-state index contributed by atoms with van der Waals surface area (Å²) in [5.41, 5.74) is 5.31. The van der Waals surface area contributed by atoms with Gasteiger partial charge in [-0.05, 0) is 6.92 Å². The molecule has 0 bridgehead atoms. The Morgan fingerprint density at radius 1 is 1.56 bits per heavy atom. The van der Waals surface area contributed by atoms with E-state index in [0.29, 0.717) is 0 Å². The summed E-state index contributed by atoms with van der Waals surface area (Å²) >= 11 is 0. The molecule has 0 fully saturated rings. The van der Waals surface area contributed by atoms with Gasteiger partial charge in [-0.3, -0.25) is 4.79 Å². The smallest absolute Gasteiger partial charge is 0.310 e. The second-order valence-electron chi connectivity index (χ2n) is 3.40. The molecule has 0 amide bonds. The van der Waals surface area contributed by atoms with Crippen molar-refractivity contribution in [3.63, 3.8) is 0 Å². The summed E-state index contributed by atoms with van der Waals surface area (Å²) in [7, 11) is 1.30. The van der Waals surface area contributed by atoms with Crippen LogP contribution in [0.1, 0.15) is 24.6 Å². The number of hydrogen-bond donors (Lipinski definition) is 1. The third-order valence-corrected chi connectivity index (χ3v) is 2.21. The van der Waals surface area contributed by atoms with Crippen LogP contribution < -0.4 is 10.5 Å². The quantitative estimate of drug-likeness (QED) is 0.816. The van der Waals surface area contributed by atoms with Gasteiger partial charge in [-0.15, -0.1) is 0 Å². The molecule has 0 aromatic carbocycles. The lowest BCUT2D eigenvalue weighted by Gasteiger charge is -2.12. The summed E-state index contributed by atoms with van der Waals surface area (Å²) < 4.78 is 34.7. The van der Waals surface area contributed by atoms with E-state index >= 15 is 0 Å². The van der Waals surface area contributed by atoms with Gasteiger partial charge in [0.1, 0.15) is 17.3 Å². The Kier molecular flexibility index (Phi) is 4.82. The molecular weight excluding hydrogens is 246 g/mol. The number of pyridine rings is 1. The Hall–Kier alpha value is -1.92. The van der Waals surface area contributed by atoms with E-state index < -0.39 is 18.1 Å². The number of hydrogen-bond acceptors (Lipinski definition) is 5. The summed E-state index contributed by atoms with van der Waals surface area (Å²) in [5.74, 6) is -0.572. The summed E-state index contributed by atoms with van der Waals surface area (Å²) in [5, 5.41) is 0. The van der Waals surface area contributed by atoms with E-state index in [9.17, 15) is 13.6 Å². The SMILES string of the molecule is CCOC(=O)Cc1c(OC)cc(C(F)F)nc1N. The molecule has 7 heteroatoms. The highest BCUT2D eigenvalue weighted by molar-refractivity contribution is 5.75. The van der Waals surface area contributed by atoms with Crippen molar-refractivity contribution in [3.8, 4) is 5.75 Å². The van der Waals surface area contributed by atoms with E-state index in [-0.39, 0.29) is 30.2 Å². The minimum atomic E-state index is -2.75. The fourth-order valence-corrected chi connectivity index (χ4v) is 1.41. The van der Waals surface area contributed by atoms with Crippen molar-refractivity contribution in [2.75, 3.05) is 19.5 Å². The first-order valence-corrected chi connectivity index (χ1v) is 5.26. The summed E-state index contributed by atoms with van der Waals surface area (Å²) in [6.07, 6.45) is -2.92. The Morgan fingerprint density at radius 2 is 2.22 bits per heavy atom. The molecule has 1 aromatic heterocycles. The number of nitrogen functional groups attached to an aromatic ring is 1. The average Bonchev–Trinajstić information content (AvgIpc) is 2.31. The van der Waals surface area contributed by atoms with Gasteiger partial charge < -0.3 is 15.2 Å². The minimum Gasteiger partial charge on any atom is -0.496 e. The molecule has 0 aliphatic heterocycles. The van der Waals surface area contributed by atoms with Crippen LogP contribution in [0, 0.1) is 0 Å². The zero-order valence-electron chi connectivity index (χ0n) is 10.1. The molecule has 0 aliphatic carbocycles. The molecule has 1 aromatic rings. The van der Waals surface area contributed by atoms with Gasteiger partial charge in [-0.2, -0.15) is 0 Å². The minimum absolute atomic E-state index is 0.103. The molecule has 18 heavy (non-hydrogen) atoms. The Bertz CT molecular complexity index is 439. The van der Waals surface area contributed by atoms with Crippen LogP contribution in [-0.4, -0.2) is 24.7 Å². The number of alkyl halides is 2. The molecule has 0 spiro atoms. The van der Waals surface area contributed by atoms with E-state index in [2.05, 4.69) is 4.98 Å². The number of rotatable bonds is 5. The molecule has 0 saturated carbocycles. The maximum atomic E-state index is 12.5. The number of anilines is 1. The topological polar surface area (TPSA) is 74.4 Å². The normalized spacial score (nSPS) is 10.5. The molecule has 0 radical (unpaired) electrons. The van der Waals surface area contributed by atoms with Gasteiger partial charge in [0.15, 0.2) is 0 Å². The predicted molar refractivity (Wildman–Crippen MR) is 60.5 cm³/mol. The Labute approximate surface area is 103 Å². The molecule has 1 heterocycles. The standard InChI is InChI=1S/C11H14F2N2O3/c1-3-18-9(16)4-6-8(17-2)5-7(10(12)13)15-11(6)14/h5,10H,3-4H2,1-2H3,(H2,14,15). The van der Waals surface area contributed by atoms with Crippen molar-refractivity contribution in [2.24, 2.45) is 0 Å². The van der Waals surface area contributed by atoms with E-state index in [0.717, 1.165) is 6.07 Å². The largest absolute Gasteiger partial charge is 0.496 e. The van der Waals surface area contributed by atoms with Gasteiger partial charge in [-0.25, -0.2) is 13.8 Å². The number of carbonyl (C=O) groups is 1. The highest BCUT2D eigenvalue weighted by Crippen LogP contribution is 2.29. The van der Waals surface area contributed by atoms with E-state index in [4.69, 9.17) is 15.2 Å². The summed E-state index contributed by atoms with van der Waals surface area (Å²) in [4.78, 5) is 14.9. The fraction of sp³-hybridized carbons (Fsp3) is 0.455. The maximum Gasteiger partial charge on any atom is 0.310 e. The van der Waals surface area contributed by atoms with Crippen LogP contribution in [0.2, 0.25) is 0 Å². The van der Waals surface area contributed by atoms with E-state index in [1.165, 1.54) is 7.11 Å². The third-order valence-electron chi connectivity index (χ3n) is 2.21. The first-order chi connectivity index (χ1) is 8.49. The van der Waals surface area contributed by atoms with Crippen LogP contribution in [0.4, 0.5) is 14.6 Å². The highest BCUT2D eigenvalue weighted by Gasteiger charge is 2.19. The van der Waals surface area contributed by atoms with Gasteiger partial charge in [0.05, 0.1) is 20.1 Å². The van der Waals surface area contributed by atoms with Gasteiger partial charge in [0, 0.05) is 11.6 Å². The average molecular weight is 260 g/mol. The number of halogens is 2. The lowest BCUT2D eigenvalue weighted by Crippen LogP contribution is -2.12. The fourth-order valence-electron chi connectivity index (χ4n) is 1.41. The molecule has 0 saturated heterocycles. The van der Waals surface area contributed by atoms with Crippen LogP contribution in [0.25, 0.3) is 0 Å². The number of carbonyl (C=O) groups excluding carboxylic acids is 1. The lowest BCUT2D eigenvalue weighted by atomic mass is 10.1. The van der Waals surface area contributed by atoms with Crippen molar-refractivity contribution in [1.29, 1.82) is 0 Å². The summed E-state index contributed by atoms with van der Waals surface area (Å²) in [6.45, 7) is 1.89. The first kappa shape index (κ1) is 14.1. The summed E-state index contributed by atoms with van der Waals surface area (Å²) in [6, 6.07) is 1.07. The second-order valence-corrected chi connectivity index (χ2v) is 3.40. The van der Waals surface area contributed by atoms with Gasteiger partial charge >= 0.3 is 5.97 Å². The second kappa shape index (κ2) is 6.13. The lowest BCUT2D eigenvalue weighted by molar-refractivity contribution is -0.142. The van der Waals surface area contributed by atoms with Gasteiger partial charge in [0.2, 0.25) is 0 Å². The molecular formula is C11H14F2N2O3. The van der Waals surface area contributed by atoms with Crippen molar-refractivity contribution in [2.45, 2.75) is 19.8 Å². The number of esters is 1. The third kappa shape index (κ3) is 3.28. The van der Waals surface area contributed by atoms with Crippen LogP contribution in [0.15, 0.2) is 6.07 Å². The van der Waals surface area contributed by atoms with Crippen molar-refractivity contribution >= 4 is 11.8 Å². The number of ether oxygens (including phenoxy) is 2. The van der Waals surface area contributed by atoms with Crippen molar-refractivity contribution in [3.05, 3.63) is 17.3 Å². The molecule has 100 valence electrons. The van der Waals surface area contributed by atoms with Gasteiger partial charge in [0.25, 0.3) is 6.43 Å². The van der Waals surface area contributed by atoms with E-state index in [1.807, 2.05) is 0 Å². The van der Waals surface area contributed by atoms with Crippen LogP contribution in [0.5, 0.6) is 5.75 Å². The van der Waals surface area contributed by atoms with Crippen LogP contribution in [0.3, 0.4) is 0 Å². The molecule has 5 nitrogen and oxygen atoms in total. The molecule has 0 aliphatic rings. The zero-order chi connectivity index (χ0) is 13.7.